The highest BCUT2D eigenvalue weighted by molar-refractivity contribution is 6.30. The normalized spacial score (nSPS) is 27.5. The van der Waals surface area contributed by atoms with Crippen LogP contribution in [0.5, 0.6) is 0 Å². The van der Waals surface area contributed by atoms with Crippen LogP contribution in [-0.4, -0.2) is 41.4 Å². The minimum atomic E-state index is -1.34. The van der Waals surface area contributed by atoms with E-state index in [1.165, 1.54) is 4.90 Å². The first kappa shape index (κ1) is 21.5. The van der Waals surface area contributed by atoms with Gasteiger partial charge in [0.05, 0.1) is 18.4 Å². The second kappa shape index (κ2) is 8.44. The van der Waals surface area contributed by atoms with Crippen LogP contribution < -0.4 is 5.32 Å². The van der Waals surface area contributed by atoms with E-state index in [4.69, 9.17) is 16.3 Å². The molecule has 31 heavy (non-hydrogen) atoms. The Bertz CT molecular complexity index is 994. The number of hydrogen-bond donors (Lipinski definition) is 1. The van der Waals surface area contributed by atoms with Crippen molar-refractivity contribution in [3.05, 3.63) is 70.7 Å². The highest BCUT2D eigenvalue weighted by Crippen LogP contribution is 2.50. The van der Waals surface area contributed by atoms with Crippen LogP contribution >= 0.6 is 11.6 Å². The fourth-order valence-corrected chi connectivity index (χ4v) is 5.06. The number of imide groups is 1. The number of carbonyl (C=O) groups is 3. The zero-order valence-electron chi connectivity index (χ0n) is 17.5. The summed E-state index contributed by atoms with van der Waals surface area (Å²) >= 11 is 6.06. The number of fused-ring (bicyclic) bond motifs is 1. The maximum atomic E-state index is 13.4. The minimum Gasteiger partial charge on any atom is -0.465 e. The first-order chi connectivity index (χ1) is 14.9. The standard InChI is InChI=1S/C24H25ClN2O4/c1-3-27-21(28)18-19(22(27)29)24(23(30)31-4-2,14-15-8-6-5-7-9-15)26-20(18)16-10-12-17(25)13-11-16/h5-13,18-20,26H,3-4,14H2,1-2H3/t18-,19+,20-,24-/m1/s1. The van der Waals surface area contributed by atoms with E-state index in [9.17, 15) is 14.4 Å². The molecule has 0 aliphatic carbocycles. The topological polar surface area (TPSA) is 75.7 Å². The van der Waals surface area contributed by atoms with Crippen molar-refractivity contribution in [1.29, 1.82) is 0 Å². The van der Waals surface area contributed by atoms with E-state index in [0.29, 0.717) is 5.02 Å². The summed E-state index contributed by atoms with van der Waals surface area (Å²) in [6, 6.07) is 16.1. The van der Waals surface area contributed by atoms with Crippen molar-refractivity contribution in [2.24, 2.45) is 11.8 Å². The van der Waals surface area contributed by atoms with Gasteiger partial charge >= 0.3 is 5.97 Å². The molecule has 2 amide bonds. The van der Waals surface area contributed by atoms with Gasteiger partial charge in [-0.25, -0.2) is 0 Å². The monoisotopic (exact) mass is 440 g/mol. The molecule has 2 aromatic rings. The van der Waals surface area contributed by atoms with Crippen LogP contribution in [0.15, 0.2) is 54.6 Å². The van der Waals surface area contributed by atoms with Crippen molar-refractivity contribution in [2.75, 3.05) is 13.2 Å². The fraction of sp³-hybridized carbons (Fsp3) is 0.375. The molecule has 0 unspecified atom stereocenters. The maximum absolute atomic E-state index is 13.4. The van der Waals surface area contributed by atoms with Crippen LogP contribution in [0.1, 0.15) is 31.0 Å². The molecule has 2 aliphatic rings. The number of esters is 1. The third kappa shape index (κ3) is 3.54. The lowest BCUT2D eigenvalue weighted by Gasteiger charge is -2.33. The lowest BCUT2D eigenvalue weighted by molar-refractivity contribution is -0.156. The van der Waals surface area contributed by atoms with Crippen molar-refractivity contribution in [1.82, 2.24) is 10.2 Å². The molecule has 0 radical (unpaired) electrons. The quantitative estimate of drug-likeness (QED) is 0.551. The highest BCUT2D eigenvalue weighted by Gasteiger charge is 2.68. The van der Waals surface area contributed by atoms with Gasteiger partial charge in [0.2, 0.25) is 11.8 Å². The van der Waals surface area contributed by atoms with Gasteiger partial charge in [-0.15, -0.1) is 0 Å². The van der Waals surface area contributed by atoms with E-state index in [1.54, 1.807) is 26.0 Å². The molecular formula is C24H25ClN2O4. The number of amides is 2. The number of hydrogen-bond acceptors (Lipinski definition) is 5. The number of halogens is 1. The minimum absolute atomic E-state index is 0.180. The molecule has 4 rings (SSSR count). The molecule has 4 atom stereocenters. The van der Waals surface area contributed by atoms with Crippen LogP contribution in [0.3, 0.4) is 0 Å². The average Bonchev–Trinajstić information content (AvgIpc) is 3.24. The van der Waals surface area contributed by atoms with Crippen molar-refractivity contribution in [3.8, 4) is 0 Å². The number of carbonyl (C=O) groups excluding carboxylic acids is 3. The summed E-state index contributed by atoms with van der Waals surface area (Å²) in [6.45, 7) is 3.95. The molecule has 2 saturated heterocycles. The molecule has 2 fully saturated rings. The molecule has 2 heterocycles. The van der Waals surface area contributed by atoms with Crippen molar-refractivity contribution < 1.29 is 19.1 Å². The van der Waals surface area contributed by atoms with Gasteiger partial charge in [0.1, 0.15) is 5.54 Å². The molecule has 0 saturated carbocycles. The van der Waals surface area contributed by atoms with Gasteiger partial charge in [-0.3, -0.25) is 24.6 Å². The summed E-state index contributed by atoms with van der Waals surface area (Å²) in [6.07, 6.45) is 0.245. The second-order valence-corrected chi connectivity index (χ2v) is 8.39. The predicted molar refractivity (Wildman–Crippen MR) is 116 cm³/mol. The Morgan fingerprint density at radius 1 is 1.06 bits per heavy atom. The largest absolute Gasteiger partial charge is 0.465 e. The van der Waals surface area contributed by atoms with E-state index in [-0.39, 0.29) is 31.4 Å². The van der Waals surface area contributed by atoms with E-state index in [0.717, 1.165) is 11.1 Å². The Kier molecular flexibility index (Phi) is 5.86. The van der Waals surface area contributed by atoms with Crippen LogP contribution in [0, 0.1) is 11.8 Å². The summed E-state index contributed by atoms with van der Waals surface area (Å²) in [5.74, 6) is -2.64. The third-order valence-corrected chi connectivity index (χ3v) is 6.51. The smallest absolute Gasteiger partial charge is 0.327 e. The molecule has 7 heteroatoms. The van der Waals surface area contributed by atoms with Crippen LogP contribution in [0.25, 0.3) is 0 Å². The number of rotatable bonds is 6. The van der Waals surface area contributed by atoms with E-state index in [1.807, 2.05) is 42.5 Å². The first-order valence-electron chi connectivity index (χ1n) is 10.5. The molecule has 6 nitrogen and oxygen atoms in total. The van der Waals surface area contributed by atoms with Gasteiger partial charge in [0.25, 0.3) is 0 Å². The van der Waals surface area contributed by atoms with E-state index < -0.39 is 29.4 Å². The van der Waals surface area contributed by atoms with Gasteiger partial charge in [-0.2, -0.15) is 0 Å². The molecule has 2 aliphatic heterocycles. The highest BCUT2D eigenvalue weighted by atomic mass is 35.5. The van der Waals surface area contributed by atoms with E-state index >= 15 is 0 Å². The Morgan fingerprint density at radius 3 is 2.35 bits per heavy atom. The fourth-order valence-electron chi connectivity index (χ4n) is 4.93. The van der Waals surface area contributed by atoms with Gasteiger partial charge in [-0.1, -0.05) is 54.1 Å². The molecule has 0 bridgehead atoms. The van der Waals surface area contributed by atoms with Gasteiger partial charge in [-0.05, 0) is 37.1 Å². The third-order valence-electron chi connectivity index (χ3n) is 6.26. The molecule has 0 spiro atoms. The maximum Gasteiger partial charge on any atom is 0.327 e. The Hall–Kier alpha value is -2.70. The van der Waals surface area contributed by atoms with Gasteiger partial charge in [0, 0.05) is 24.0 Å². The molecular weight excluding hydrogens is 416 g/mol. The average molecular weight is 441 g/mol. The lowest BCUT2D eigenvalue weighted by Crippen LogP contribution is -2.58. The SMILES string of the molecule is CCOC(=O)[C@]1(Cc2ccccc2)N[C@H](c2ccc(Cl)cc2)[C@@H]2C(=O)N(CC)C(=O)[C@H]21. The zero-order valence-corrected chi connectivity index (χ0v) is 18.3. The molecule has 2 aromatic carbocycles. The number of nitrogens with one attached hydrogen (secondary N) is 1. The Morgan fingerprint density at radius 2 is 1.74 bits per heavy atom. The number of nitrogens with zero attached hydrogens (tertiary/aromatic N) is 1. The second-order valence-electron chi connectivity index (χ2n) is 7.95. The zero-order chi connectivity index (χ0) is 22.2. The van der Waals surface area contributed by atoms with Crippen LogP contribution in [0.4, 0.5) is 0 Å². The lowest BCUT2D eigenvalue weighted by atomic mass is 9.76. The summed E-state index contributed by atoms with van der Waals surface area (Å²) in [4.78, 5) is 41.4. The van der Waals surface area contributed by atoms with Gasteiger partial charge in [0.15, 0.2) is 0 Å². The van der Waals surface area contributed by atoms with E-state index in [2.05, 4.69) is 5.32 Å². The number of benzene rings is 2. The molecule has 0 aromatic heterocycles. The summed E-state index contributed by atoms with van der Waals surface area (Å²) in [5.41, 5.74) is 0.342. The predicted octanol–water partition coefficient (Wildman–Crippen LogP) is 3.15. The Labute approximate surface area is 186 Å². The summed E-state index contributed by atoms with van der Waals surface area (Å²) in [5, 5.41) is 3.97. The Balaban J connectivity index is 1.86. The molecule has 162 valence electrons. The van der Waals surface area contributed by atoms with Crippen molar-refractivity contribution in [3.63, 3.8) is 0 Å². The summed E-state index contributed by atoms with van der Waals surface area (Å²) in [7, 11) is 0. The van der Waals surface area contributed by atoms with Crippen LogP contribution in [0.2, 0.25) is 5.02 Å². The van der Waals surface area contributed by atoms with Gasteiger partial charge < -0.3 is 4.74 Å². The number of likely N-dealkylation sites (tertiary alicyclic amines) is 1. The van der Waals surface area contributed by atoms with Crippen molar-refractivity contribution in [2.45, 2.75) is 31.8 Å². The van der Waals surface area contributed by atoms with Crippen LogP contribution in [-0.2, 0) is 25.5 Å². The number of ether oxygens (including phenoxy) is 1. The van der Waals surface area contributed by atoms with Crippen molar-refractivity contribution >= 4 is 29.4 Å². The summed E-state index contributed by atoms with van der Waals surface area (Å²) < 4.78 is 5.46. The first-order valence-corrected chi connectivity index (χ1v) is 10.9. The molecule has 1 N–H and O–H groups in total.